The highest BCUT2D eigenvalue weighted by molar-refractivity contribution is 6.02. The van der Waals surface area contributed by atoms with E-state index in [1.807, 2.05) is 48.5 Å². The second kappa shape index (κ2) is 7.90. The molecule has 1 aromatic heterocycles. The van der Waals surface area contributed by atoms with E-state index in [0.29, 0.717) is 16.9 Å². The van der Waals surface area contributed by atoms with Crippen molar-refractivity contribution in [3.8, 4) is 0 Å². The van der Waals surface area contributed by atoms with Crippen molar-refractivity contribution in [3.05, 3.63) is 70.8 Å². The smallest absolute Gasteiger partial charge is 0.342 e. The van der Waals surface area contributed by atoms with Crippen molar-refractivity contribution in [1.29, 1.82) is 0 Å². The topological polar surface area (TPSA) is 59.5 Å². The molecule has 0 atom stereocenters. The number of aryl methyl sites for hydroxylation is 2. The van der Waals surface area contributed by atoms with Crippen molar-refractivity contribution in [2.24, 2.45) is 0 Å². The van der Waals surface area contributed by atoms with E-state index in [0.717, 1.165) is 56.1 Å². The third-order valence-corrected chi connectivity index (χ3v) is 6.08. The van der Waals surface area contributed by atoms with E-state index in [2.05, 4.69) is 4.90 Å². The number of carbonyl (C=O) groups is 2. The average molecular weight is 400 g/mol. The molecule has 1 aliphatic carbocycles. The summed E-state index contributed by atoms with van der Waals surface area (Å²) in [4.78, 5) is 32.5. The van der Waals surface area contributed by atoms with Gasteiger partial charge in [-0.25, -0.2) is 9.78 Å². The molecule has 1 aliphatic heterocycles. The highest BCUT2D eigenvalue weighted by Gasteiger charge is 2.24. The first-order valence-electron chi connectivity index (χ1n) is 10.7. The Morgan fingerprint density at radius 3 is 2.60 bits per heavy atom. The molecule has 3 aromatic rings. The van der Waals surface area contributed by atoms with Crippen molar-refractivity contribution in [3.63, 3.8) is 0 Å². The summed E-state index contributed by atoms with van der Waals surface area (Å²) in [7, 11) is 0. The van der Waals surface area contributed by atoms with Gasteiger partial charge in [0.15, 0.2) is 12.4 Å². The number of aromatic nitrogens is 1. The predicted molar refractivity (Wildman–Crippen MR) is 116 cm³/mol. The summed E-state index contributed by atoms with van der Waals surface area (Å²) in [6.45, 7) is 1.49. The molecule has 0 radical (unpaired) electrons. The summed E-state index contributed by atoms with van der Waals surface area (Å²) < 4.78 is 5.46. The molecule has 1 fully saturated rings. The maximum absolute atomic E-state index is 12.9. The van der Waals surface area contributed by atoms with Crippen LogP contribution in [-0.4, -0.2) is 36.4 Å². The van der Waals surface area contributed by atoms with E-state index >= 15 is 0 Å². The van der Waals surface area contributed by atoms with Gasteiger partial charge in [0.25, 0.3) is 0 Å². The molecule has 0 spiro atoms. The van der Waals surface area contributed by atoms with Gasteiger partial charge >= 0.3 is 5.97 Å². The number of ether oxygens (including phenoxy) is 1. The lowest BCUT2D eigenvalue weighted by Crippen LogP contribution is -2.23. The monoisotopic (exact) mass is 400 g/mol. The Bertz CT molecular complexity index is 1130. The summed E-state index contributed by atoms with van der Waals surface area (Å²) in [6.07, 6.45) is 5.39. The molecular weight excluding hydrogens is 376 g/mol. The van der Waals surface area contributed by atoms with Crippen LogP contribution in [0.2, 0.25) is 0 Å². The zero-order valence-electron chi connectivity index (χ0n) is 16.9. The van der Waals surface area contributed by atoms with Gasteiger partial charge in [0, 0.05) is 24.0 Å². The van der Waals surface area contributed by atoms with Crippen LogP contribution in [0.4, 0.5) is 5.82 Å². The lowest BCUT2D eigenvalue weighted by atomic mass is 10.0. The number of hydrogen-bond acceptors (Lipinski definition) is 5. The van der Waals surface area contributed by atoms with Crippen molar-refractivity contribution in [2.75, 3.05) is 24.6 Å². The molecule has 2 aliphatic rings. The average Bonchev–Trinajstić information content (AvgIpc) is 3.47. The molecule has 0 bridgehead atoms. The fourth-order valence-electron chi connectivity index (χ4n) is 4.46. The molecule has 0 N–H and O–H groups in total. The first kappa shape index (κ1) is 18.8. The number of pyridine rings is 1. The minimum Gasteiger partial charge on any atom is -0.454 e. The Morgan fingerprint density at radius 2 is 1.73 bits per heavy atom. The lowest BCUT2D eigenvalue weighted by molar-refractivity contribution is 0.0475. The zero-order valence-corrected chi connectivity index (χ0v) is 16.9. The van der Waals surface area contributed by atoms with Gasteiger partial charge < -0.3 is 9.64 Å². The largest absolute Gasteiger partial charge is 0.454 e. The number of anilines is 1. The number of ketones is 1. The molecule has 5 heteroatoms. The summed E-state index contributed by atoms with van der Waals surface area (Å²) in [6, 6.07) is 15.4. The molecule has 2 aromatic carbocycles. The van der Waals surface area contributed by atoms with Gasteiger partial charge in [0.1, 0.15) is 11.4 Å². The maximum atomic E-state index is 12.9. The first-order valence-corrected chi connectivity index (χ1v) is 10.7. The highest BCUT2D eigenvalue weighted by Crippen LogP contribution is 2.27. The molecule has 0 saturated carbocycles. The number of para-hydroxylation sites is 1. The number of rotatable bonds is 5. The van der Waals surface area contributed by atoms with Crippen LogP contribution in [0, 0.1) is 0 Å². The molecule has 1 saturated heterocycles. The van der Waals surface area contributed by atoms with Crippen LogP contribution >= 0.6 is 0 Å². The van der Waals surface area contributed by atoms with Gasteiger partial charge in [-0.3, -0.25) is 4.79 Å². The standard InChI is InChI=1S/C25H24N2O3/c28-23(20-11-10-17-7-5-8-18(17)14-20)16-30-25(29)21-15-19-6-1-2-9-22(19)26-24(21)27-12-3-4-13-27/h1-2,6,9-11,14-15H,3-5,7-8,12-13,16H2. The van der Waals surface area contributed by atoms with Crippen LogP contribution in [0.3, 0.4) is 0 Å². The Hall–Kier alpha value is -3.21. The van der Waals surface area contributed by atoms with E-state index in [-0.39, 0.29) is 12.4 Å². The predicted octanol–water partition coefficient (Wildman–Crippen LogP) is 4.36. The first-order chi connectivity index (χ1) is 14.7. The van der Waals surface area contributed by atoms with Gasteiger partial charge in [-0.1, -0.05) is 30.3 Å². The van der Waals surface area contributed by atoms with E-state index in [4.69, 9.17) is 9.72 Å². The number of nitrogens with zero attached hydrogens (tertiary/aromatic N) is 2. The summed E-state index contributed by atoms with van der Waals surface area (Å²) in [5, 5.41) is 0.886. The maximum Gasteiger partial charge on any atom is 0.342 e. The molecule has 2 heterocycles. The Kier molecular flexibility index (Phi) is 4.95. The van der Waals surface area contributed by atoms with Crippen LogP contribution in [0.25, 0.3) is 10.9 Å². The lowest BCUT2D eigenvalue weighted by Gasteiger charge is -2.20. The van der Waals surface area contributed by atoms with Crippen molar-refractivity contribution < 1.29 is 14.3 Å². The zero-order chi connectivity index (χ0) is 20.5. The molecule has 152 valence electrons. The van der Waals surface area contributed by atoms with E-state index in [9.17, 15) is 9.59 Å². The Balaban J connectivity index is 1.37. The van der Waals surface area contributed by atoms with Crippen molar-refractivity contribution in [2.45, 2.75) is 32.1 Å². The molecule has 0 unspecified atom stereocenters. The highest BCUT2D eigenvalue weighted by atomic mass is 16.5. The normalized spacial score (nSPS) is 15.4. The third-order valence-electron chi connectivity index (χ3n) is 6.08. The number of benzene rings is 2. The number of carbonyl (C=O) groups excluding carboxylic acids is 2. The fraction of sp³-hybridized carbons (Fsp3) is 0.320. The number of Topliss-reactive ketones (excluding diaryl/α,β-unsaturated/α-hetero) is 1. The van der Waals surface area contributed by atoms with Gasteiger partial charge in [-0.15, -0.1) is 0 Å². The third kappa shape index (κ3) is 3.56. The van der Waals surface area contributed by atoms with Gasteiger partial charge in [0.2, 0.25) is 0 Å². The molecule has 5 rings (SSSR count). The summed E-state index contributed by atoms with van der Waals surface area (Å²) >= 11 is 0. The number of hydrogen-bond donors (Lipinski definition) is 0. The molecule has 0 amide bonds. The quantitative estimate of drug-likeness (QED) is 0.470. The van der Waals surface area contributed by atoms with Crippen molar-refractivity contribution in [1.82, 2.24) is 4.98 Å². The van der Waals surface area contributed by atoms with E-state index in [1.54, 1.807) is 0 Å². The molecular formula is C25H24N2O3. The SMILES string of the molecule is O=C(COC(=O)c1cc2ccccc2nc1N1CCCC1)c1ccc2c(c1)CCC2. The Labute approximate surface area is 175 Å². The Morgan fingerprint density at radius 1 is 0.933 bits per heavy atom. The van der Waals surface area contributed by atoms with Crippen LogP contribution in [-0.2, 0) is 17.6 Å². The van der Waals surface area contributed by atoms with Crippen LogP contribution < -0.4 is 4.90 Å². The summed E-state index contributed by atoms with van der Waals surface area (Å²) in [5.41, 5.74) is 4.45. The van der Waals surface area contributed by atoms with Gasteiger partial charge in [0.05, 0.1) is 5.52 Å². The summed E-state index contributed by atoms with van der Waals surface area (Å²) in [5.74, 6) is -0.0136. The molecule has 30 heavy (non-hydrogen) atoms. The fourth-order valence-corrected chi connectivity index (χ4v) is 4.46. The van der Waals surface area contributed by atoms with Gasteiger partial charge in [-0.2, -0.15) is 0 Å². The minimum absolute atomic E-state index is 0.172. The second-order valence-electron chi connectivity index (χ2n) is 8.08. The number of esters is 1. The number of fused-ring (bicyclic) bond motifs is 2. The minimum atomic E-state index is -0.496. The van der Waals surface area contributed by atoms with Gasteiger partial charge in [-0.05, 0) is 61.4 Å². The molecule has 5 nitrogen and oxygen atoms in total. The van der Waals surface area contributed by atoms with Crippen molar-refractivity contribution >= 4 is 28.5 Å². The van der Waals surface area contributed by atoms with Crippen LogP contribution in [0.5, 0.6) is 0 Å². The van der Waals surface area contributed by atoms with Crippen LogP contribution in [0.1, 0.15) is 51.1 Å². The van der Waals surface area contributed by atoms with Crippen LogP contribution in [0.15, 0.2) is 48.5 Å². The van der Waals surface area contributed by atoms with E-state index in [1.165, 1.54) is 11.1 Å². The second-order valence-corrected chi connectivity index (χ2v) is 8.08. The van der Waals surface area contributed by atoms with E-state index < -0.39 is 5.97 Å².